The molecule has 4 nitrogen and oxygen atoms in total. The van der Waals surface area contributed by atoms with E-state index in [0.29, 0.717) is 13.1 Å². The molecule has 2 amide bonds. The molecule has 0 spiro atoms. The molecule has 0 aliphatic carbocycles. The molecule has 1 aromatic heterocycles. The third-order valence-corrected chi connectivity index (χ3v) is 4.95. The van der Waals surface area contributed by atoms with Crippen molar-refractivity contribution in [3.05, 3.63) is 58.3 Å². The molecular formula is C18H22N2O2S. The number of ether oxygens (including phenoxy) is 1. The van der Waals surface area contributed by atoms with Crippen LogP contribution in [0.5, 0.6) is 0 Å². The largest absolute Gasteiger partial charge is 0.381 e. The van der Waals surface area contributed by atoms with Crippen molar-refractivity contribution in [3.63, 3.8) is 0 Å². The second kappa shape index (κ2) is 8.13. The molecule has 0 saturated carbocycles. The van der Waals surface area contributed by atoms with Crippen LogP contribution in [0.2, 0.25) is 0 Å². The van der Waals surface area contributed by atoms with Gasteiger partial charge in [-0.2, -0.15) is 0 Å². The molecule has 122 valence electrons. The second-order valence-electron chi connectivity index (χ2n) is 5.70. The van der Waals surface area contributed by atoms with Crippen molar-refractivity contribution in [1.82, 2.24) is 10.2 Å². The van der Waals surface area contributed by atoms with Crippen LogP contribution in [0.3, 0.4) is 0 Å². The van der Waals surface area contributed by atoms with Crippen LogP contribution in [-0.2, 0) is 17.8 Å². The lowest BCUT2D eigenvalue weighted by Gasteiger charge is -2.34. The van der Waals surface area contributed by atoms with Crippen molar-refractivity contribution in [1.29, 1.82) is 0 Å². The van der Waals surface area contributed by atoms with E-state index in [4.69, 9.17) is 4.74 Å². The fraction of sp³-hybridized carbons (Fsp3) is 0.389. The first-order chi connectivity index (χ1) is 11.3. The van der Waals surface area contributed by atoms with Gasteiger partial charge in [-0.1, -0.05) is 36.4 Å². The molecule has 0 atom stereocenters. The lowest BCUT2D eigenvalue weighted by Crippen LogP contribution is -2.47. The third-order valence-electron chi connectivity index (χ3n) is 4.09. The molecule has 1 aromatic carbocycles. The van der Waals surface area contributed by atoms with E-state index < -0.39 is 0 Å². The first-order valence-corrected chi connectivity index (χ1v) is 8.89. The number of benzene rings is 1. The van der Waals surface area contributed by atoms with Crippen LogP contribution in [0.4, 0.5) is 4.79 Å². The SMILES string of the molecule is O=C(NCc1ccccc1)N(Cc1cccs1)C1CCOCC1. The smallest absolute Gasteiger partial charge is 0.318 e. The molecule has 1 aliphatic heterocycles. The highest BCUT2D eigenvalue weighted by atomic mass is 32.1. The number of nitrogens with zero attached hydrogens (tertiary/aromatic N) is 1. The molecule has 2 heterocycles. The number of nitrogens with one attached hydrogen (secondary N) is 1. The first-order valence-electron chi connectivity index (χ1n) is 8.01. The van der Waals surface area contributed by atoms with Gasteiger partial charge in [0.25, 0.3) is 0 Å². The zero-order valence-corrected chi connectivity index (χ0v) is 13.9. The van der Waals surface area contributed by atoms with Gasteiger partial charge in [0.2, 0.25) is 0 Å². The van der Waals surface area contributed by atoms with Gasteiger partial charge in [-0.15, -0.1) is 11.3 Å². The topological polar surface area (TPSA) is 41.6 Å². The van der Waals surface area contributed by atoms with E-state index in [1.807, 2.05) is 41.3 Å². The Morgan fingerprint density at radius 2 is 1.96 bits per heavy atom. The number of thiophene rings is 1. The molecule has 23 heavy (non-hydrogen) atoms. The predicted molar refractivity (Wildman–Crippen MR) is 92.4 cm³/mol. The molecule has 1 N–H and O–H groups in total. The maximum atomic E-state index is 12.7. The van der Waals surface area contributed by atoms with E-state index in [2.05, 4.69) is 16.8 Å². The average Bonchev–Trinajstić information content (AvgIpc) is 3.12. The van der Waals surface area contributed by atoms with Crippen LogP contribution in [0.1, 0.15) is 23.3 Å². The summed E-state index contributed by atoms with van der Waals surface area (Å²) in [6.45, 7) is 2.70. The summed E-state index contributed by atoms with van der Waals surface area (Å²) in [5.41, 5.74) is 1.11. The highest BCUT2D eigenvalue weighted by Crippen LogP contribution is 2.20. The number of carbonyl (C=O) groups is 1. The molecule has 1 saturated heterocycles. The molecule has 0 unspecified atom stereocenters. The lowest BCUT2D eigenvalue weighted by atomic mass is 10.1. The van der Waals surface area contributed by atoms with Crippen molar-refractivity contribution in [3.8, 4) is 0 Å². The maximum Gasteiger partial charge on any atom is 0.318 e. The van der Waals surface area contributed by atoms with Crippen LogP contribution in [0.15, 0.2) is 47.8 Å². The summed E-state index contributed by atoms with van der Waals surface area (Å²) in [6.07, 6.45) is 1.81. The van der Waals surface area contributed by atoms with E-state index in [-0.39, 0.29) is 12.1 Å². The van der Waals surface area contributed by atoms with Gasteiger partial charge in [0.15, 0.2) is 0 Å². The molecule has 3 rings (SSSR count). The van der Waals surface area contributed by atoms with Crippen molar-refractivity contribution in [2.45, 2.75) is 32.0 Å². The maximum absolute atomic E-state index is 12.7. The number of amides is 2. The van der Waals surface area contributed by atoms with Crippen molar-refractivity contribution >= 4 is 17.4 Å². The molecule has 0 bridgehead atoms. The lowest BCUT2D eigenvalue weighted by molar-refractivity contribution is 0.0439. The Kier molecular flexibility index (Phi) is 5.66. The number of carbonyl (C=O) groups excluding carboxylic acids is 1. The van der Waals surface area contributed by atoms with Gasteiger partial charge in [0.05, 0.1) is 6.54 Å². The Labute approximate surface area is 141 Å². The zero-order valence-electron chi connectivity index (χ0n) is 13.1. The Morgan fingerprint density at radius 3 is 2.65 bits per heavy atom. The molecule has 5 heteroatoms. The van der Waals surface area contributed by atoms with Crippen LogP contribution in [-0.4, -0.2) is 30.2 Å². The van der Waals surface area contributed by atoms with Crippen molar-refractivity contribution in [2.24, 2.45) is 0 Å². The molecule has 1 aliphatic rings. The average molecular weight is 330 g/mol. The second-order valence-corrected chi connectivity index (χ2v) is 6.73. The van der Waals surface area contributed by atoms with Gasteiger partial charge in [-0.3, -0.25) is 0 Å². The van der Waals surface area contributed by atoms with Crippen LogP contribution >= 0.6 is 11.3 Å². The van der Waals surface area contributed by atoms with Crippen molar-refractivity contribution in [2.75, 3.05) is 13.2 Å². The van der Waals surface area contributed by atoms with E-state index in [9.17, 15) is 4.79 Å². The third kappa shape index (κ3) is 4.56. The van der Waals surface area contributed by atoms with Gasteiger partial charge in [-0.25, -0.2) is 4.79 Å². The van der Waals surface area contributed by atoms with Gasteiger partial charge < -0.3 is 15.0 Å². The summed E-state index contributed by atoms with van der Waals surface area (Å²) in [4.78, 5) is 15.9. The Bertz CT molecular complexity index is 595. The van der Waals surface area contributed by atoms with Gasteiger partial charge in [0, 0.05) is 30.7 Å². The fourth-order valence-corrected chi connectivity index (χ4v) is 3.51. The first kappa shape index (κ1) is 16.0. The summed E-state index contributed by atoms with van der Waals surface area (Å²) in [5, 5.41) is 5.11. The number of hydrogen-bond donors (Lipinski definition) is 1. The normalized spacial score (nSPS) is 15.3. The summed E-state index contributed by atoms with van der Waals surface area (Å²) >= 11 is 1.69. The number of hydrogen-bond acceptors (Lipinski definition) is 3. The van der Waals surface area contributed by atoms with E-state index in [0.717, 1.165) is 31.6 Å². The highest BCUT2D eigenvalue weighted by Gasteiger charge is 2.26. The number of rotatable bonds is 5. The highest BCUT2D eigenvalue weighted by molar-refractivity contribution is 7.09. The quantitative estimate of drug-likeness (QED) is 0.909. The van der Waals surface area contributed by atoms with Gasteiger partial charge in [-0.05, 0) is 29.9 Å². The molecular weight excluding hydrogens is 308 g/mol. The molecule has 1 fully saturated rings. The molecule has 0 radical (unpaired) electrons. The minimum Gasteiger partial charge on any atom is -0.381 e. The van der Waals surface area contributed by atoms with E-state index >= 15 is 0 Å². The standard InChI is InChI=1S/C18H22N2O2S/c21-18(19-13-15-5-2-1-3-6-15)20(14-17-7-4-12-23-17)16-8-10-22-11-9-16/h1-7,12,16H,8-11,13-14H2,(H,19,21). The van der Waals surface area contributed by atoms with E-state index in [1.165, 1.54) is 4.88 Å². The fourth-order valence-electron chi connectivity index (χ4n) is 2.81. The minimum atomic E-state index is 0.00848. The summed E-state index contributed by atoms with van der Waals surface area (Å²) in [7, 11) is 0. The van der Waals surface area contributed by atoms with Crippen LogP contribution < -0.4 is 5.32 Å². The van der Waals surface area contributed by atoms with Crippen molar-refractivity contribution < 1.29 is 9.53 Å². The summed E-state index contributed by atoms with van der Waals surface area (Å²) < 4.78 is 5.44. The summed E-state index contributed by atoms with van der Waals surface area (Å²) in [6, 6.07) is 14.4. The van der Waals surface area contributed by atoms with Gasteiger partial charge >= 0.3 is 6.03 Å². The Morgan fingerprint density at radius 1 is 1.17 bits per heavy atom. The Hall–Kier alpha value is -1.85. The molecule has 2 aromatic rings. The van der Waals surface area contributed by atoms with Crippen LogP contribution in [0, 0.1) is 0 Å². The number of urea groups is 1. The van der Waals surface area contributed by atoms with E-state index in [1.54, 1.807) is 11.3 Å². The monoisotopic (exact) mass is 330 g/mol. The zero-order chi connectivity index (χ0) is 15.9. The summed E-state index contributed by atoms with van der Waals surface area (Å²) in [5.74, 6) is 0. The minimum absolute atomic E-state index is 0.00848. The van der Waals surface area contributed by atoms with Crippen LogP contribution in [0.25, 0.3) is 0 Å². The van der Waals surface area contributed by atoms with Gasteiger partial charge in [0.1, 0.15) is 0 Å². The Balaban J connectivity index is 1.64. The predicted octanol–water partition coefficient (Wildman–Crippen LogP) is 3.64.